The fraction of sp³-hybridized carbons (Fsp3) is 1.00. The van der Waals surface area contributed by atoms with Crippen molar-refractivity contribution in [2.45, 2.75) is 89.9 Å². The molecule has 0 aromatic carbocycles. The normalized spacial score (nSPS) is 17.0. The van der Waals surface area contributed by atoms with E-state index < -0.39 is 101 Å². The molecule has 0 radical (unpaired) electrons. The highest BCUT2D eigenvalue weighted by molar-refractivity contribution is 7.66. The summed E-state index contributed by atoms with van der Waals surface area (Å²) in [5, 5.41) is 0. The van der Waals surface area contributed by atoms with E-state index in [4.69, 9.17) is 523 Å². The number of rotatable bonds is 18. The Hall–Kier alpha value is 12.7. The van der Waals surface area contributed by atoms with Crippen molar-refractivity contribution < 1.29 is 13.0 Å². The summed E-state index contributed by atoms with van der Waals surface area (Å²) in [4.78, 5) is 0. The van der Waals surface area contributed by atoms with Crippen LogP contribution in [-0.2, 0) is 11.0 Å². The van der Waals surface area contributed by atoms with Crippen LogP contribution in [0, 0.1) is 0 Å². The van der Waals surface area contributed by atoms with Crippen LogP contribution in [0.1, 0.15) is 0 Å². The lowest BCUT2D eigenvalue weighted by molar-refractivity contribution is 0.386. The Kier molecular flexibility index (Phi) is 31.0. The highest BCUT2D eigenvalue weighted by Gasteiger charge is 2.89. The van der Waals surface area contributed by atoms with E-state index in [1.807, 2.05) is 0 Å². The minimum atomic E-state index is -3.83. The summed E-state index contributed by atoms with van der Waals surface area (Å²) in [6, 6.07) is 0. The second-order valence-corrected chi connectivity index (χ2v) is 42.4. The van der Waals surface area contributed by atoms with Gasteiger partial charge in [-0.1, -0.05) is 510 Å². The van der Waals surface area contributed by atoms with E-state index in [1.165, 1.54) is 0 Å². The number of halogens is 44. The molecule has 0 saturated carbocycles. The molecule has 3 nitrogen and oxygen atoms in total. The molecule has 0 aliphatic carbocycles. The third-order valence-electron chi connectivity index (χ3n) is 7.81. The average Bonchev–Trinajstić information content (AvgIpc) is 3.08. The Morgan fingerprint density at radius 3 is 0.246 bits per heavy atom. The summed E-state index contributed by atoms with van der Waals surface area (Å²) in [6.45, 7) is 0. The molecule has 0 aliphatic heterocycles. The predicted molar refractivity (Wildman–Crippen MR) is 328 cm³/mol. The van der Waals surface area contributed by atoms with Crippen molar-refractivity contribution in [3.8, 4) is 0 Å². The Morgan fingerprint density at radius 1 is 0.159 bits per heavy atom. The maximum atomic E-state index is 8.59. The van der Waals surface area contributed by atoms with Crippen molar-refractivity contribution in [1.82, 2.24) is 0 Å². The van der Waals surface area contributed by atoms with Gasteiger partial charge in [0.25, 0.3) is 11.0 Å². The molecule has 0 aromatic heterocycles. The van der Waals surface area contributed by atoms with Crippen LogP contribution >= 0.6 is 510 Å². The minimum absolute atomic E-state index is 2.91. The summed E-state index contributed by atoms with van der Waals surface area (Å²) in [5.41, 5.74) is 0. The molecule has 48 heteroatoms. The van der Waals surface area contributed by atoms with Crippen LogP contribution in [-0.4, -0.2) is 103 Å². The van der Waals surface area contributed by atoms with Gasteiger partial charge in [0.15, 0.2) is 73.7 Å². The van der Waals surface area contributed by atoms with Crippen molar-refractivity contribution in [2.75, 3.05) is 0 Å². The molecule has 0 aliphatic rings. The van der Waals surface area contributed by atoms with Gasteiger partial charge in [-0.15, -0.1) is 0 Å². The molecule has 1 N–H and O–H groups in total. The number of thiol groups is 1. The predicted octanol–water partition coefficient (Wildman–Crippen LogP) is 25.1. The first kappa shape index (κ1) is 83.7. The zero-order chi connectivity index (χ0) is 58.1. The first-order valence-electron chi connectivity index (χ1n) is 13.9. The molecule has 0 spiro atoms. The molecule has 0 atom stereocenters. The Bertz CT molecular complexity index is 1780. The van der Waals surface area contributed by atoms with Crippen molar-refractivity contribution in [3.63, 3.8) is 0 Å². The number of hydrogen-bond acceptors (Lipinski definition) is 2. The summed E-state index contributed by atoms with van der Waals surface area (Å²) < 4.78 is -50.2. The quantitative estimate of drug-likeness (QED) is 0.0817. The first-order chi connectivity index (χ1) is 28.7. The van der Waals surface area contributed by atoms with Crippen molar-refractivity contribution in [1.29, 1.82) is 0 Å². The third kappa shape index (κ3) is 13.4. The zero-order valence-electron chi connectivity index (χ0n) is 28.8. The Labute approximate surface area is 613 Å². The lowest BCUT2D eigenvalue weighted by atomic mass is 9.95. The molecule has 0 unspecified atom stereocenters. The largest absolute Gasteiger partial charge is 0.288 e. The van der Waals surface area contributed by atoms with Gasteiger partial charge >= 0.3 is 0 Å². The van der Waals surface area contributed by atoms with Crippen molar-refractivity contribution >= 4 is 521 Å². The van der Waals surface area contributed by atoms with E-state index in [0.717, 1.165) is 0 Å². The molecular formula is C21H2Cl44O3S. The van der Waals surface area contributed by atoms with Gasteiger partial charge in [0, 0.05) is 0 Å². The molecule has 69 heavy (non-hydrogen) atoms. The van der Waals surface area contributed by atoms with Gasteiger partial charge in [0.2, 0.25) is 16.3 Å². The van der Waals surface area contributed by atoms with Crippen LogP contribution in [0.4, 0.5) is 0 Å². The van der Waals surface area contributed by atoms with Gasteiger partial charge in [-0.05, 0) is 0 Å². The lowest BCUT2D eigenvalue weighted by Crippen LogP contribution is -2.76. The molecule has 0 bridgehead atoms. The third-order valence-corrected chi connectivity index (χ3v) is 39.2. The second-order valence-electron chi connectivity index (χ2n) is 12.1. The summed E-state index contributed by atoms with van der Waals surface area (Å²) in [6.07, 6.45) is 0. The lowest BCUT2D eigenvalue weighted by Gasteiger charge is -2.59. The van der Waals surface area contributed by atoms with E-state index in [2.05, 4.69) is 0 Å². The maximum Gasteiger partial charge on any atom is 0.254 e. The van der Waals surface area contributed by atoms with Gasteiger partial charge in [0.1, 0.15) is 0 Å². The molecular weight excluding hydrogens is 1890 g/mol. The van der Waals surface area contributed by atoms with E-state index in [-0.39, 0.29) is 0 Å². The van der Waals surface area contributed by atoms with Crippen LogP contribution in [0.5, 0.6) is 0 Å². The van der Waals surface area contributed by atoms with Crippen LogP contribution in [0.3, 0.4) is 0 Å². The topological polar surface area (TPSA) is 54.4 Å². The van der Waals surface area contributed by atoms with Crippen LogP contribution in [0.2, 0.25) is 0 Å². The van der Waals surface area contributed by atoms with E-state index >= 15 is 0 Å². The van der Waals surface area contributed by atoms with Crippen LogP contribution in [0.25, 0.3) is 0 Å². The molecule has 0 saturated heterocycles. The minimum Gasteiger partial charge on any atom is -0.288 e. The molecule has 0 fully saturated rings. The standard InChI is InChI=1S/C21Cl44.H2O3S/c22-1(23,2(24,25)4(28,29)6(32,33)8(36,37)10(40,41)12(44,45)14(48,49)16(52,53)18(56,57)20(60,61)62)3(26,27)5(30,31)7(34,35)9(38,39)11(42,43)13(46,47)15(50,51)17(54,55)19(58,59)21(63,64)65;1-4(2)3/h;4H,(H,1,2,3). The summed E-state index contributed by atoms with van der Waals surface area (Å²) >= 11 is 282. The zero-order valence-corrected chi connectivity index (χ0v) is 63.0. The van der Waals surface area contributed by atoms with Gasteiger partial charge in [0.05, 0.1) is 0 Å². The highest BCUT2D eigenvalue weighted by Crippen LogP contribution is 2.80. The molecule has 0 amide bonds. The van der Waals surface area contributed by atoms with Gasteiger partial charge < -0.3 is 0 Å². The molecule has 0 heterocycles. The van der Waals surface area contributed by atoms with Gasteiger partial charge in [-0.3, -0.25) is 4.55 Å². The SMILES string of the molecule is ClC(Cl)(Cl)C(Cl)(Cl)C(Cl)(Cl)C(Cl)(Cl)C(Cl)(Cl)C(Cl)(Cl)C(Cl)(Cl)C(Cl)(Cl)C(Cl)(Cl)C(Cl)(Cl)C(Cl)(Cl)C(Cl)(Cl)C(Cl)(Cl)C(Cl)(Cl)C(Cl)(Cl)C(Cl)(Cl)C(Cl)(Cl)C(Cl)(Cl)C(Cl)(Cl)C(Cl)(Cl)C(Cl)(Cl)Cl.O=[SH](=O)O. The van der Waals surface area contributed by atoms with Crippen molar-refractivity contribution in [2.24, 2.45) is 0 Å². The fourth-order valence-corrected chi connectivity index (χ4v) is 18.6. The smallest absolute Gasteiger partial charge is 0.254 e. The average molecular weight is 1890 g/mol. The monoisotopic (exact) mass is 1870 g/mol. The first-order valence-corrected chi connectivity index (χ1v) is 31.6. The number of alkyl halides is 44. The molecule has 0 aromatic rings. The maximum absolute atomic E-state index is 8.59. The van der Waals surface area contributed by atoms with E-state index in [9.17, 15) is 0 Å². The highest BCUT2D eigenvalue weighted by atomic mass is 35.6. The Morgan fingerprint density at radius 2 is 0.203 bits per heavy atom. The Balaban J connectivity index is 0. The fourth-order valence-electron chi connectivity index (χ4n) is 3.71. The summed E-state index contributed by atoms with van der Waals surface area (Å²) in [5.74, 6) is 0. The molecule has 0 rings (SSSR count). The number of hydrogen-bond donors (Lipinski definition) is 2. The van der Waals surface area contributed by atoms with Crippen molar-refractivity contribution in [3.05, 3.63) is 0 Å². The van der Waals surface area contributed by atoms with Crippen LogP contribution in [0.15, 0.2) is 0 Å². The second kappa shape index (κ2) is 25.5. The van der Waals surface area contributed by atoms with Gasteiger partial charge in [-0.2, -0.15) is 0 Å². The van der Waals surface area contributed by atoms with E-state index in [0.29, 0.717) is 0 Å². The van der Waals surface area contributed by atoms with Gasteiger partial charge in [-0.25, -0.2) is 8.42 Å². The van der Waals surface area contributed by atoms with Crippen LogP contribution < -0.4 is 0 Å². The summed E-state index contributed by atoms with van der Waals surface area (Å²) in [7, 11) is -3.12. The molecule has 418 valence electrons. The van der Waals surface area contributed by atoms with E-state index in [1.54, 1.807) is 0 Å².